The molecule has 2 aromatic carbocycles. The van der Waals surface area contributed by atoms with Crippen molar-refractivity contribution in [2.24, 2.45) is 0 Å². The van der Waals surface area contributed by atoms with Crippen molar-refractivity contribution in [3.8, 4) is 10.6 Å². The van der Waals surface area contributed by atoms with Gasteiger partial charge in [-0.15, -0.1) is 11.3 Å². The number of thiazole rings is 1. The molecule has 5 heteroatoms. The third-order valence-electron chi connectivity index (χ3n) is 4.71. The van der Waals surface area contributed by atoms with Crippen LogP contribution in [0, 0.1) is 13.8 Å². The number of hydrogen-bond acceptors (Lipinski definition) is 3. The van der Waals surface area contributed by atoms with Gasteiger partial charge in [0.05, 0.1) is 22.2 Å². The molecule has 1 unspecified atom stereocenters. The van der Waals surface area contributed by atoms with E-state index in [1.807, 2.05) is 63.2 Å². The van der Waals surface area contributed by atoms with E-state index in [1.54, 1.807) is 11.3 Å². The molecule has 0 radical (unpaired) electrons. The van der Waals surface area contributed by atoms with Gasteiger partial charge in [0.15, 0.2) is 0 Å². The lowest BCUT2D eigenvalue weighted by Gasteiger charge is -2.13. The van der Waals surface area contributed by atoms with Crippen molar-refractivity contribution in [1.82, 2.24) is 15.3 Å². The molecule has 2 aromatic heterocycles. The van der Waals surface area contributed by atoms with Gasteiger partial charge in [0, 0.05) is 22.2 Å². The molecule has 27 heavy (non-hydrogen) atoms. The predicted octanol–water partition coefficient (Wildman–Crippen LogP) is 5.40. The van der Waals surface area contributed by atoms with Crippen LogP contribution in [0.25, 0.3) is 21.5 Å². The molecular formula is C22H21N3OS. The van der Waals surface area contributed by atoms with E-state index < -0.39 is 0 Å². The molecule has 1 amide bonds. The minimum absolute atomic E-state index is 0.0634. The molecule has 0 saturated heterocycles. The van der Waals surface area contributed by atoms with Gasteiger partial charge in [-0.3, -0.25) is 4.79 Å². The SMILES string of the molecule is Cc1nc(-c2ccccc2)sc1C(C)NC(=O)c1c(C)[nH]c2ccccc12. The standard InChI is InChI=1S/C22H21N3OS/c1-13-19(17-11-7-8-12-18(17)23-13)21(26)24-14(2)20-15(3)25-22(27-20)16-9-5-4-6-10-16/h4-12,14,23H,1-3H3,(H,24,26). The van der Waals surface area contributed by atoms with Crippen molar-refractivity contribution in [2.75, 3.05) is 0 Å². The first-order valence-corrected chi connectivity index (χ1v) is 9.77. The fraction of sp³-hybridized carbons (Fsp3) is 0.182. The molecular weight excluding hydrogens is 354 g/mol. The van der Waals surface area contributed by atoms with Gasteiger partial charge in [0.1, 0.15) is 5.01 Å². The highest BCUT2D eigenvalue weighted by Gasteiger charge is 2.21. The minimum Gasteiger partial charge on any atom is -0.358 e. The maximum Gasteiger partial charge on any atom is 0.254 e. The zero-order chi connectivity index (χ0) is 19.0. The molecule has 2 N–H and O–H groups in total. The van der Waals surface area contributed by atoms with Gasteiger partial charge in [-0.25, -0.2) is 4.98 Å². The summed E-state index contributed by atoms with van der Waals surface area (Å²) in [6.45, 7) is 5.94. The van der Waals surface area contributed by atoms with Crippen molar-refractivity contribution in [3.63, 3.8) is 0 Å². The summed E-state index contributed by atoms with van der Waals surface area (Å²) in [6.07, 6.45) is 0. The molecule has 4 nitrogen and oxygen atoms in total. The smallest absolute Gasteiger partial charge is 0.254 e. The molecule has 0 aliphatic rings. The van der Waals surface area contributed by atoms with Gasteiger partial charge in [0.25, 0.3) is 5.91 Å². The highest BCUT2D eigenvalue weighted by molar-refractivity contribution is 7.15. The van der Waals surface area contributed by atoms with Crippen molar-refractivity contribution >= 4 is 28.1 Å². The van der Waals surface area contributed by atoms with Crippen LogP contribution in [-0.4, -0.2) is 15.9 Å². The van der Waals surface area contributed by atoms with E-state index in [0.717, 1.165) is 37.7 Å². The monoisotopic (exact) mass is 375 g/mol. The van der Waals surface area contributed by atoms with Crippen molar-refractivity contribution in [1.29, 1.82) is 0 Å². The molecule has 136 valence electrons. The normalized spacial score (nSPS) is 12.3. The summed E-state index contributed by atoms with van der Waals surface area (Å²) in [7, 11) is 0. The molecule has 4 aromatic rings. The van der Waals surface area contributed by atoms with Crippen molar-refractivity contribution in [2.45, 2.75) is 26.8 Å². The maximum atomic E-state index is 13.0. The summed E-state index contributed by atoms with van der Waals surface area (Å²) in [5, 5.41) is 5.08. The highest BCUT2D eigenvalue weighted by Crippen LogP contribution is 2.32. The molecule has 0 spiro atoms. The predicted molar refractivity (Wildman–Crippen MR) is 111 cm³/mol. The number of amides is 1. The minimum atomic E-state index is -0.111. The summed E-state index contributed by atoms with van der Waals surface area (Å²) < 4.78 is 0. The van der Waals surface area contributed by atoms with Crippen LogP contribution in [0.15, 0.2) is 54.6 Å². The summed E-state index contributed by atoms with van der Waals surface area (Å²) in [6, 6.07) is 17.9. The zero-order valence-electron chi connectivity index (χ0n) is 15.5. The van der Waals surface area contributed by atoms with Crippen LogP contribution in [-0.2, 0) is 0 Å². The Balaban J connectivity index is 1.61. The van der Waals surface area contributed by atoms with Crippen LogP contribution >= 0.6 is 11.3 Å². The average Bonchev–Trinajstić information content (AvgIpc) is 3.21. The molecule has 4 rings (SSSR count). The van der Waals surface area contributed by atoms with Gasteiger partial charge >= 0.3 is 0 Å². The summed E-state index contributed by atoms with van der Waals surface area (Å²) in [5.74, 6) is -0.0634. The lowest BCUT2D eigenvalue weighted by molar-refractivity contribution is 0.0941. The molecule has 0 saturated carbocycles. The fourth-order valence-corrected chi connectivity index (χ4v) is 4.49. The number of carbonyl (C=O) groups is 1. The molecule has 0 fully saturated rings. The largest absolute Gasteiger partial charge is 0.358 e. The summed E-state index contributed by atoms with van der Waals surface area (Å²) in [4.78, 5) is 22.0. The Labute approximate surface area is 162 Å². The molecule has 2 heterocycles. The second kappa shape index (κ2) is 7.00. The van der Waals surface area contributed by atoms with E-state index in [2.05, 4.69) is 22.4 Å². The number of nitrogens with one attached hydrogen (secondary N) is 2. The van der Waals surface area contributed by atoms with E-state index >= 15 is 0 Å². The Kier molecular flexibility index (Phi) is 4.54. The number of para-hydroxylation sites is 1. The number of aromatic amines is 1. The first-order chi connectivity index (χ1) is 13.0. The van der Waals surface area contributed by atoms with E-state index in [0.29, 0.717) is 5.56 Å². The third-order valence-corrected chi connectivity index (χ3v) is 6.10. The topological polar surface area (TPSA) is 57.8 Å². The van der Waals surface area contributed by atoms with Crippen LogP contribution in [0.4, 0.5) is 0 Å². The average molecular weight is 375 g/mol. The molecule has 0 aliphatic heterocycles. The summed E-state index contributed by atoms with van der Waals surface area (Å²) >= 11 is 1.63. The lowest BCUT2D eigenvalue weighted by Crippen LogP contribution is -2.27. The van der Waals surface area contributed by atoms with Gasteiger partial charge in [-0.05, 0) is 26.8 Å². The number of fused-ring (bicyclic) bond motifs is 1. The quantitative estimate of drug-likeness (QED) is 0.502. The number of benzene rings is 2. The van der Waals surface area contributed by atoms with Crippen molar-refractivity contribution < 1.29 is 4.79 Å². The zero-order valence-corrected chi connectivity index (χ0v) is 16.4. The second-order valence-electron chi connectivity index (χ2n) is 6.70. The number of hydrogen-bond donors (Lipinski definition) is 2. The van der Waals surface area contributed by atoms with E-state index in [4.69, 9.17) is 4.98 Å². The molecule has 0 aliphatic carbocycles. The van der Waals surface area contributed by atoms with E-state index in [-0.39, 0.29) is 11.9 Å². The Hall–Kier alpha value is -2.92. The molecule has 1 atom stereocenters. The summed E-state index contributed by atoms with van der Waals surface area (Å²) in [5.41, 5.74) is 4.63. The number of nitrogens with zero attached hydrogens (tertiary/aromatic N) is 1. The Bertz CT molecular complexity index is 1110. The third kappa shape index (κ3) is 3.26. The first kappa shape index (κ1) is 17.5. The van der Waals surface area contributed by atoms with E-state index in [1.165, 1.54) is 0 Å². The Morgan fingerprint density at radius 1 is 1.07 bits per heavy atom. The van der Waals surface area contributed by atoms with E-state index in [9.17, 15) is 4.79 Å². The van der Waals surface area contributed by atoms with Gasteiger partial charge in [-0.1, -0.05) is 48.5 Å². The van der Waals surface area contributed by atoms with Crippen LogP contribution in [0.5, 0.6) is 0 Å². The number of aryl methyl sites for hydroxylation is 2. The number of H-pyrrole nitrogens is 1. The van der Waals surface area contributed by atoms with Gasteiger partial charge in [0.2, 0.25) is 0 Å². The highest BCUT2D eigenvalue weighted by atomic mass is 32.1. The maximum absolute atomic E-state index is 13.0. The van der Waals surface area contributed by atoms with Crippen LogP contribution < -0.4 is 5.32 Å². The number of rotatable bonds is 4. The Morgan fingerprint density at radius 3 is 2.56 bits per heavy atom. The Morgan fingerprint density at radius 2 is 1.78 bits per heavy atom. The number of aromatic nitrogens is 2. The number of carbonyl (C=O) groups excluding carboxylic acids is 1. The van der Waals surface area contributed by atoms with Crippen LogP contribution in [0.1, 0.15) is 39.6 Å². The van der Waals surface area contributed by atoms with Gasteiger partial charge < -0.3 is 10.3 Å². The molecule has 0 bridgehead atoms. The second-order valence-corrected chi connectivity index (χ2v) is 7.73. The van der Waals surface area contributed by atoms with Crippen LogP contribution in [0.3, 0.4) is 0 Å². The first-order valence-electron chi connectivity index (χ1n) is 8.95. The van der Waals surface area contributed by atoms with Crippen molar-refractivity contribution in [3.05, 3.63) is 76.4 Å². The van der Waals surface area contributed by atoms with Crippen LogP contribution in [0.2, 0.25) is 0 Å². The van der Waals surface area contributed by atoms with Gasteiger partial charge in [-0.2, -0.15) is 0 Å². The fourth-order valence-electron chi connectivity index (χ4n) is 3.42. The lowest BCUT2D eigenvalue weighted by atomic mass is 10.1.